The lowest BCUT2D eigenvalue weighted by atomic mass is 9.41. The molecule has 0 saturated heterocycles. The topological polar surface area (TPSA) is 78.2 Å². The number of nitriles is 1. The molecule has 4 aliphatic rings. The van der Waals surface area contributed by atoms with Crippen LogP contribution in [0.2, 0.25) is 0 Å². The van der Waals surface area contributed by atoms with Crippen molar-refractivity contribution in [3.05, 3.63) is 0 Å². The zero-order valence-electron chi connectivity index (χ0n) is 15.5. The largest absolute Gasteiger partial charge is 0.389 e. The number of nitrogens with zero attached hydrogens (tertiary/aromatic N) is 1. The minimum Gasteiger partial charge on any atom is -0.389 e. The average Bonchev–Trinajstić information content (AvgIpc) is 2.79. The van der Waals surface area contributed by atoms with Crippen LogP contribution in [0.5, 0.6) is 0 Å². The van der Waals surface area contributed by atoms with E-state index in [0.717, 1.165) is 25.7 Å². The summed E-state index contributed by atoms with van der Waals surface area (Å²) in [7, 11) is 0. The monoisotopic (exact) mass is 343 g/mol. The molecule has 0 aromatic rings. The fourth-order valence-electron chi connectivity index (χ4n) is 7.51. The smallest absolute Gasteiger partial charge is 0.140 e. The number of fused-ring (bicyclic) bond motifs is 5. The van der Waals surface area contributed by atoms with Gasteiger partial charge in [-0.15, -0.1) is 0 Å². The van der Waals surface area contributed by atoms with Crippen LogP contribution in [0.25, 0.3) is 0 Å². The van der Waals surface area contributed by atoms with Gasteiger partial charge in [0.15, 0.2) is 0 Å². The van der Waals surface area contributed by atoms with E-state index >= 15 is 0 Å². The molecule has 8 atom stereocenters. The number of Topliss-reactive ketones (excluding diaryl/α,β-unsaturated/α-hetero) is 2. The van der Waals surface area contributed by atoms with Crippen LogP contribution in [0.15, 0.2) is 0 Å². The Kier molecular flexibility index (Phi) is 3.55. The lowest BCUT2D eigenvalue weighted by Crippen LogP contribution is -2.63. The Hall–Kier alpha value is -1.21. The van der Waals surface area contributed by atoms with Crippen molar-refractivity contribution in [2.75, 3.05) is 0 Å². The van der Waals surface area contributed by atoms with Crippen LogP contribution >= 0.6 is 0 Å². The number of carbonyl (C=O) groups excluding carboxylic acids is 2. The number of rotatable bonds is 0. The second-order valence-electron chi connectivity index (χ2n) is 9.87. The first-order chi connectivity index (χ1) is 11.6. The van der Waals surface area contributed by atoms with Crippen molar-refractivity contribution in [1.82, 2.24) is 0 Å². The Morgan fingerprint density at radius 1 is 1.12 bits per heavy atom. The summed E-state index contributed by atoms with van der Waals surface area (Å²) in [5, 5.41) is 20.9. The Morgan fingerprint density at radius 3 is 2.52 bits per heavy atom. The zero-order chi connectivity index (χ0) is 18.2. The first kappa shape index (κ1) is 17.2. The molecular formula is C21H29NO3. The predicted octanol–water partition coefficient (Wildman–Crippen LogP) is 3.28. The number of aliphatic hydroxyl groups is 1. The molecule has 0 heterocycles. The van der Waals surface area contributed by atoms with Gasteiger partial charge in [-0.3, -0.25) is 9.59 Å². The fourth-order valence-corrected chi connectivity index (χ4v) is 7.51. The summed E-state index contributed by atoms with van der Waals surface area (Å²) in [6.45, 7) is 6.10. The molecule has 136 valence electrons. The molecule has 0 aliphatic heterocycles. The van der Waals surface area contributed by atoms with Crippen molar-refractivity contribution >= 4 is 11.6 Å². The number of hydrogen-bond acceptors (Lipinski definition) is 4. The molecule has 3 unspecified atom stereocenters. The van der Waals surface area contributed by atoms with Gasteiger partial charge in [-0.1, -0.05) is 13.8 Å². The molecule has 4 nitrogen and oxygen atoms in total. The summed E-state index contributed by atoms with van der Waals surface area (Å²) in [4.78, 5) is 24.8. The van der Waals surface area contributed by atoms with E-state index in [2.05, 4.69) is 19.9 Å². The van der Waals surface area contributed by atoms with Crippen molar-refractivity contribution in [2.45, 2.75) is 71.3 Å². The second-order valence-corrected chi connectivity index (χ2v) is 9.87. The molecule has 4 saturated carbocycles. The van der Waals surface area contributed by atoms with Crippen LogP contribution in [0.1, 0.15) is 65.7 Å². The molecule has 0 aromatic heterocycles. The molecule has 0 spiro atoms. The average molecular weight is 343 g/mol. The highest BCUT2D eigenvalue weighted by molar-refractivity contribution is 5.88. The molecule has 0 amide bonds. The van der Waals surface area contributed by atoms with E-state index in [1.165, 1.54) is 0 Å². The normalized spacial score (nSPS) is 55.1. The first-order valence-corrected chi connectivity index (χ1v) is 9.82. The van der Waals surface area contributed by atoms with Crippen molar-refractivity contribution in [3.63, 3.8) is 0 Å². The maximum atomic E-state index is 12.7. The highest BCUT2D eigenvalue weighted by Gasteiger charge is 2.67. The molecule has 4 rings (SSSR count). The van der Waals surface area contributed by atoms with E-state index in [1.807, 2.05) is 6.92 Å². The van der Waals surface area contributed by atoms with E-state index in [-0.39, 0.29) is 46.6 Å². The molecule has 0 radical (unpaired) electrons. The highest BCUT2D eigenvalue weighted by Crippen LogP contribution is 2.67. The summed E-state index contributed by atoms with van der Waals surface area (Å²) in [5.74, 6) is 1.23. The summed E-state index contributed by atoms with van der Waals surface area (Å²) >= 11 is 0. The van der Waals surface area contributed by atoms with E-state index in [1.54, 1.807) is 0 Å². The van der Waals surface area contributed by atoms with Gasteiger partial charge in [-0.2, -0.15) is 5.26 Å². The standard InChI is InChI=1S/C21H29NO3/c1-19-7-6-16-15(18(19)12(11-22)8-17(19)24)5-4-13-9-14(23)10-20(2,25)21(13,16)3/h12-13,15-16,18,25H,4-10H2,1-3H3/t12?,13?,15-,16-,18+,19-,20?,21+/m1/s1. The summed E-state index contributed by atoms with van der Waals surface area (Å²) in [6.07, 6.45) is 4.89. The third-order valence-electron chi connectivity index (χ3n) is 8.97. The molecule has 0 bridgehead atoms. The maximum Gasteiger partial charge on any atom is 0.140 e. The Balaban J connectivity index is 1.76. The van der Waals surface area contributed by atoms with Gasteiger partial charge in [-0.25, -0.2) is 0 Å². The van der Waals surface area contributed by atoms with Gasteiger partial charge in [0.05, 0.1) is 17.6 Å². The minimum absolute atomic E-state index is 0.120. The van der Waals surface area contributed by atoms with Crippen molar-refractivity contribution in [2.24, 2.45) is 40.4 Å². The van der Waals surface area contributed by atoms with Gasteiger partial charge in [0.25, 0.3) is 0 Å². The lowest BCUT2D eigenvalue weighted by molar-refractivity contribution is -0.206. The van der Waals surface area contributed by atoms with E-state index in [0.29, 0.717) is 24.7 Å². The lowest BCUT2D eigenvalue weighted by Gasteiger charge is -2.63. The molecule has 4 aliphatic carbocycles. The number of ketones is 2. The van der Waals surface area contributed by atoms with Gasteiger partial charge >= 0.3 is 0 Å². The molecule has 0 aromatic carbocycles. The Labute approximate surface area is 150 Å². The Bertz CT molecular complexity index is 677. The third-order valence-corrected chi connectivity index (χ3v) is 8.97. The zero-order valence-corrected chi connectivity index (χ0v) is 15.5. The van der Waals surface area contributed by atoms with Gasteiger partial charge in [-0.05, 0) is 56.3 Å². The molecule has 4 heteroatoms. The van der Waals surface area contributed by atoms with E-state index in [4.69, 9.17) is 0 Å². The fraction of sp³-hybridized carbons (Fsp3) is 0.857. The minimum atomic E-state index is -0.991. The summed E-state index contributed by atoms with van der Waals surface area (Å²) in [6, 6.07) is 2.43. The quantitative estimate of drug-likeness (QED) is 0.732. The highest BCUT2D eigenvalue weighted by atomic mass is 16.3. The van der Waals surface area contributed by atoms with Gasteiger partial charge < -0.3 is 5.11 Å². The third kappa shape index (κ3) is 2.02. The molecular weight excluding hydrogens is 314 g/mol. The SMILES string of the molecule is CC1(O)CC(=O)CC2CC[C@@H]3[C@@H](CC[C@]4(C)C(=O)CC(C#N)[C@@H]34)[C@]21C. The van der Waals surface area contributed by atoms with Crippen LogP contribution in [-0.4, -0.2) is 22.3 Å². The van der Waals surface area contributed by atoms with Crippen molar-refractivity contribution in [3.8, 4) is 6.07 Å². The predicted molar refractivity (Wildman–Crippen MR) is 92.2 cm³/mol. The Morgan fingerprint density at radius 2 is 1.84 bits per heavy atom. The van der Waals surface area contributed by atoms with Crippen LogP contribution < -0.4 is 0 Å². The van der Waals surface area contributed by atoms with Crippen LogP contribution in [0, 0.1) is 51.8 Å². The van der Waals surface area contributed by atoms with Crippen molar-refractivity contribution in [1.29, 1.82) is 5.26 Å². The van der Waals surface area contributed by atoms with E-state index < -0.39 is 5.60 Å². The van der Waals surface area contributed by atoms with Gasteiger partial charge in [0.1, 0.15) is 11.6 Å². The number of hydrogen-bond donors (Lipinski definition) is 1. The first-order valence-electron chi connectivity index (χ1n) is 9.82. The van der Waals surface area contributed by atoms with Gasteiger partial charge in [0.2, 0.25) is 0 Å². The molecule has 25 heavy (non-hydrogen) atoms. The number of carbonyl (C=O) groups is 2. The van der Waals surface area contributed by atoms with Crippen LogP contribution in [0.3, 0.4) is 0 Å². The molecule has 4 fully saturated rings. The van der Waals surface area contributed by atoms with E-state index in [9.17, 15) is 20.0 Å². The summed E-state index contributed by atoms with van der Waals surface area (Å²) in [5.41, 5.74) is -1.65. The second kappa shape index (κ2) is 5.16. The van der Waals surface area contributed by atoms with Crippen molar-refractivity contribution < 1.29 is 14.7 Å². The van der Waals surface area contributed by atoms with Crippen LogP contribution in [-0.2, 0) is 9.59 Å². The van der Waals surface area contributed by atoms with Crippen LogP contribution in [0.4, 0.5) is 0 Å². The summed E-state index contributed by atoms with van der Waals surface area (Å²) < 4.78 is 0. The maximum absolute atomic E-state index is 12.7. The molecule has 1 N–H and O–H groups in total. The van der Waals surface area contributed by atoms with Gasteiger partial charge in [0, 0.05) is 30.1 Å².